The number of morpholine rings is 1. The molecule has 0 radical (unpaired) electrons. The van der Waals surface area contributed by atoms with E-state index < -0.39 is 0 Å². The van der Waals surface area contributed by atoms with Crippen LogP contribution in [0.2, 0.25) is 10.0 Å². The third-order valence-corrected chi connectivity index (χ3v) is 4.61. The first-order valence-corrected chi connectivity index (χ1v) is 8.49. The molecule has 1 atom stereocenters. The molecule has 6 heteroatoms. The van der Waals surface area contributed by atoms with Crippen LogP contribution in [-0.2, 0) is 11.3 Å². The van der Waals surface area contributed by atoms with Crippen LogP contribution in [0.4, 0.5) is 0 Å². The van der Waals surface area contributed by atoms with Gasteiger partial charge in [-0.25, -0.2) is 0 Å². The maximum atomic E-state index is 6.22. The van der Waals surface area contributed by atoms with Crippen molar-refractivity contribution in [3.05, 3.63) is 58.0 Å². The number of halogens is 2. The molecular weight excluding hydrogens is 335 g/mol. The summed E-state index contributed by atoms with van der Waals surface area (Å²) in [7, 11) is 0. The Morgan fingerprint density at radius 3 is 2.70 bits per heavy atom. The summed E-state index contributed by atoms with van der Waals surface area (Å²) in [4.78, 5) is 2.39. The van der Waals surface area contributed by atoms with Gasteiger partial charge in [-0.05, 0) is 29.8 Å². The van der Waals surface area contributed by atoms with Gasteiger partial charge in [0, 0.05) is 36.2 Å². The molecule has 3 rings (SSSR count). The highest BCUT2D eigenvalue weighted by Crippen LogP contribution is 2.23. The van der Waals surface area contributed by atoms with Gasteiger partial charge in [-0.1, -0.05) is 29.3 Å². The topological polar surface area (TPSA) is 37.6 Å². The molecule has 1 saturated heterocycles. The number of furan rings is 1. The Kier molecular flexibility index (Phi) is 5.97. The zero-order valence-electron chi connectivity index (χ0n) is 12.8. The first-order chi connectivity index (χ1) is 11.2. The highest BCUT2D eigenvalue weighted by Gasteiger charge is 2.24. The average Bonchev–Trinajstić information content (AvgIpc) is 3.08. The number of rotatable bonds is 6. The Balaban J connectivity index is 1.62. The molecule has 1 aliphatic rings. The van der Waals surface area contributed by atoms with Crippen molar-refractivity contribution < 1.29 is 9.15 Å². The minimum Gasteiger partial charge on any atom is -0.468 e. The van der Waals surface area contributed by atoms with Gasteiger partial charge in [0.05, 0.1) is 25.5 Å². The van der Waals surface area contributed by atoms with Gasteiger partial charge in [0.15, 0.2) is 0 Å². The van der Waals surface area contributed by atoms with Crippen LogP contribution in [0.5, 0.6) is 0 Å². The Bertz CT molecular complexity index is 613. The molecule has 4 nitrogen and oxygen atoms in total. The second-order valence-electron chi connectivity index (χ2n) is 5.55. The lowest BCUT2D eigenvalue weighted by Gasteiger charge is -2.33. The largest absolute Gasteiger partial charge is 0.468 e. The van der Waals surface area contributed by atoms with E-state index >= 15 is 0 Å². The van der Waals surface area contributed by atoms with Gasteiger partial charge in [0.1, 0.15) is 5.76 Å². The quantitative estimate of drug-likeness (QED) is 0.857. The van der Waals surface area contributed by atoms with Crippen molar-refractivity contribution >= 4 is 23.2 Å². The summed E-state index contributed by atoms with van der Waals surface area (Å²) in [5, 5.41) is 4.82. The first kappa shape index (κ1) is 16.8. The summed E-state index contributed by atoms with van der Waals surface area (Å²) in [5.74, 6) is 0.974. The van der Waals surface area contributed by atoms with Gasteiger partial charge in [-0.2, -0.15) is 0 Å². The van der Waals surface area contributed by atoms with Gasteiger partial charge in [-0.15, -0.1) is 0 Å². The molecule has 0 amide bonds. The minimum absolute atomic E-state index is 0.194. The average molecular weight is 355 g/mol. The molecular formula is C17H20Cl2N2O2. The van der Waals surface area contributed by atoms with E-state index in [0.29, 0.717) is 16.6 Å². The summed E-state index contributed by atoms with van der Waals surface area (Å²) in [5.41, 5.74) is 1.04. The van der Waals surface area contributed by atoms with Crippen LogP contribution < -0.4 is 5.32 Å². The van der Waals surface area contributed by atoms with E-state index in [-0.39, 0.29) is 6.04 Å². The standard InChI is InChI=1S/C17H20Cl2N2O2/c18-14-4-3-13(15(19)10-14)11-20-12-16(17-2-1-7-23-17)21-5-8-22-9-6-21/h1-4,7,10,16,20H,5-6,8-9,11-12H2. The van der Waals surface area contributed by atoms with Crippen LogP contribution in [0.3, 0.4) is 0 Å². The van der Waals surface area contributed by atoms with Crippen molar-refractivity contribution in [1.82, 2.24) is 10.2 Å². The molecule has 2 heterocycles. The van der Waals surface area contributed by atoms with Gasteiger partial charge < -0.3 is 14.5 Å². The molecule has 1 unspecified atom stereocenters. The third kappa shape index (κ3) is 4.49. The van der Waals surface area contributed by atoms with E-state index in [1.165, 1.54) is 0 Å². The predicted octanol–water partition coefficient (Wildman–Crippen LogP) is 3.75. The fourth-order valence-electron chi connectivity index (χ4n) is 2.79. The smallest absolute Gasteiger partial charge is 0.122 e. The Morgan fingerprint density at radius 2 is 2.00 bits per heavy atom. The van der Waals surface area contributed by atoms with Crippen molar-refractivity contribution in [3.8, 4) is 0 Å². The van der Waals surface area contributed by atoms with Crippen molar-refractivity contribution in [2.45, 2.75) is 12.6 Å². The van der Waals surface area contributed by atoms with Gasteiger partial charge in [0.25, 0.3) is 0 Å². The normalized spacial score (nSPS) is 17.3. The SMILES string of the molecule is Clc1ccc(CNCC(c2ccco2)N2CCOCC2)c(Cl)c1. The van der Waals surface area contributed by atoms with E-state index in [0.717, 1.165) is 44.2 Å². The van der Waals surface area contributed by atoms with Gasteiger partial charge in [0.2, 0.25) is 0 Å². The molecule has 1 aromatic heterocycles. The molecule has 124 valence electrons. The van der Waals surface area contributed by atoms with Crippen LogP contribution in [0, 0.1) is 0 Å². The molecule has 2 aromatic rings. The number of hydrogen-bond donors (Lipinski definition) is 1. The number of ether oxygens (including phenoxy) is 1. The summed E-state index contributed by atoms with van der Waals surface area (Å²) in [6.07, 6.45) is 1.72. The molecule has 23 heavy (non-hydrogen) atoms. The van der Waals surface area contributed by atoms with Gasteiger partial charge >= 0.3 is 0 Å². The zero-order valence-corrected chi connectivity index (χ0v) is 14.3. The summed E-state index contributed by atoms with van der Waals surface area (Å²) in [6, 6.07) is 9.73. The number of nitrogens with one attached hydrogen (secondary N) is 1. The zero-order chi connectivity index (χ0) is 16.1. The predicted molar refractivity (Wildman–Crippen MR) is 92.0 cm³/mol. The number of nitrogens with zero attached hydrogens (tertiary/aromatic N) is 1. The first-order valence-electron chi connectivity index (χ1n) is 7.74. The fraction of sp³-hybridized carbons (Fsp3) is 0.412. The van der Waals surface area contributed by atoms with Crippen molar-refractivity contribution in [1.29, 1.82) is 0 Å². The van der Waals surface area contributed by atoms with Crippen LogP contribution in [0.15, 0.2) is 41.0 Å². The summed E-state index contributed by atoms with van der Waals surface area (Å²) >= 11 is 12.2. The summed E-state index contributed by atoms with van der Waals surface area (Å²) < 4.78 is 11.1. The monoisotopic (exact) mass is 354 g/mol. The van der Waals surface area contributed by atoms with E-state index in [1.807, 2.05) is 24.3 Å². The highest BCUT2D eigenvalue weighted by atomic mass is 35.5. The second-order valence-corrected chi connectivity index (χ2v) is 6.39. The highest BCUT2D eigenvalue weighted by molar-refractivity contribution is 6.35. The van der Waals surface area contributed by atoms with Crippen molar-refractivity contribution in [3.63, 3.8) is 0 Å². The van der Waals surface area contributed by atoms with Crippen LogP contribution in [0.25, 0.3) is 0 Å². The fourth-order valence-corrected chi connectivity index (χ4v) is 3.26. The number of benzene rings is 1. The molecule has 1 aromatic carbocycles. The Morgan fingerprint density at radius 1 is 1.17 bits per heavy atom. The van der Waals surface area contributed by atoms with E-state index in [2.05, 4.69) is 10.2 Å². The third-order valence-electron chi connectivity index (χ3n) is 4.03. The van der Waals surface area contributed by atoms with Crippen molar-refractivity contribution in [2.75, 3.05) is 32.8 Å². The Hall–Kier alpha value is -1.04. The molecule has 1 aliphatic heterocycles. The van der Waals surface area contributed by atoms with E-state index in [1.54, 1.807) is 12.3 Å². The van der Waals surface area contributed by atoms with Crippen molar-refractivity contribution in [2.24, 2.45) is 0 Å². The maximum Gasteiger partial charge on any atom is 0.122 e. The number of hydrogen-bond acceptors (Lipinski definition) is 4. The van der Waals surface area contributed by atoms with Crippen LogP contribution in [-0.4, -0.2) is 37.7 Å². The maximum absolute atomic E-state index is 6.22. The molecule has 0 saturated carbocycles. The molecule has 0 aliphatic carbocycles. The van der Waals surface area contributed by atoms with Crippen LogP contribution >= 0.6 is 23.2 Å². The lowest BCUT2D eigenvalue weighted by Crippen LogP contribution is -2.42. The lowest BCUT2D eigenvalue weighted by atomic mass is 10.1. The van der Waals surface area contributed by atoms with Gasteiger partial charge in [-0.3, -0.25) is 4.90 Å². The molecule has 1 N–H and O–H groups in total. The Labute approximate surface area is 146 Å². The van der Waals surface area contributed by atoms with E-state index in [4.69, 9.17) is 32.4 Å². The minimum atomic E-state index is 0.194. The van der Waals surface area contributed by atoms with E-state index in [9.17, 15) is 0 Å². The molecule has 0 bridgehead atoms. The molecule has 1 fully saturated rings. The molecule has 0 spiro atoms. The lowest BCUT2D eigenvalue weighted by molar-refractivity contribution is 0.0116. The van der Waals surface area contributed by atoms with Crippen LogP contribution in [0.1, 0.15) is 17.4 Å². The second kappa shape index (κ2) is 8.18. The summed E-state index contributed by atoms with van der Waals surface area (Å²) in [6.45, 7) is 4.83.